The maximum Gasteiger partial charge on any atom is 0.0107 e. The van der Waals surface area contributed by atoms with Crippen LogP contribution < -0.4 is 5.32 Å². The normalized spacial score (nSPS) is 20.9. The van der Waals surface area contributed by atoms with Crippen LogP contribution >= 0.6 is 0 Å². The van der Waals surface area contributed by atoms with Crippen molar-refractivity contribution in [2.45, 2.75) is 70.3 Å². The molecular formula is C19H29N. The van der Waals surface area contributed by atoms with Crippen LogP contribution in [0.25, 0.3) is 0 Å². The Labute approximate surface area is 124 Å². The van der Waals surface area contributed by atoms with E-state index in [-0.39, 0.29) is 0 Å². The van der Waals surface area contributed by atoms with Crippen molar-refractivity contribution in [1.29, 1.82) is 0 Å². The van der Waals surface area contributed by atoms with Gasteiger partial charge in [-0.1, -0.05) is 50.3 Å². The lowest BCUT2D eigenvalue weighted by atomic mass is 9.83. The smallest absolute Gasteiger partial charge is 0.0107 e. The fourth-order valence-corrected chi connectivity index (χ4v) is 4.17. The van der Waals surface area contributed by atoms with Crippen LogP contribution in [-0.2, 0) is 19.3 Å². The minimum Gasteiger partial charge on any atom is -0.317 e. The molecule has 1 unspecified atom stereocenters. The van der Waals surface area contributed by atoms with E-state index in [0.717, 1.165) is 5.92 Å². The predicted molar refractivity (Wildman–Crippen MR) is 86.2 cm³/mol. The third-order valence-corrected chi connectivity index (χ3v) is 5.40. The lowest BCUT2D eigenvalue weighted by molar-refractivity contribution is 0.302. The number of aryl methyl sites for hydroxylation is 2. The molecule has 1 aromatic rings. The van der Waals surface area contributed by atoms with Crippen LogP contribution in [0.2, 0.25) is 0 Å². The van der Waals surface area contributed by atoms with Crippen LogP contribution in [0, 0.1) is 5.92 Å². The van der Waals surface area contributed by atoms with Crippen molar-refractivity contribution < 1.29 is 0 Å². The van der Waals surface area contributed by atoms with E-state index in [1.54, 1.807) is 16.7 Å². The van der Waals surface area contributed by atoms with Crippen molar-refractivity contribution in [2.24, 2.45) is 5.92 Å². The molecule has 1 N–H and O–H groups in total. The zero-order valence-electron chi connectivity index (χ0n) is 13.0. The average Bonchev–Trinajstić information content (AvgIpc) is 2.95. The first-order valence-corrected chi connectivity index (χ1v) is 8.63. The molecule has 0 radical (unpaired) electrons. The van der Waals surface area contributed by atoms with Gasteiger partial charge >= 0.3 is 0 Å². The fourth-order valence-electron chi connectivity index (χ4n) is 4.17. The molecule has 1 saturated carbocycles. The fraction of sp³-hybridized carbons (Fsp3) is 0.684. The van der Waals surface area contributed by atoms with Gasteiger partial charge in [0.15, 0.2) is 0 Å². The third-order valence-electron chi connectivity index (χ3n) is 5.40. The monoisotopic (exact) mass is 271 g/mol. The van der Waals surface area contributed by atoms with Gasteiger partial charge in [0.1, 0.15) is 0 Å². The average molecular weight is 271 g/mol. The zero-order chi connectivity index (χ0) is 13.8. The van der Waals surface area contributed by atoms with E-state index in [1.165, 1.54) is 64.2 Å². The lowest BCUT2D eigenvalue weighted by Gasteiger charge is -2.26. The van der Waals surface area contributed by atoms with Gasteiger partial charge in [-0.25, -0.2) is 0 Å². The standard InChI is InChI=1S/C19H29N/c1-20-19(13-15-6-3-2-4-7-15)14-16-10-11-17-8-5-9-18(17)12-16/h10-12,15,19-20H,2-9,13-14H2,1H3. The maximum absolute atomic E-state index is 3.57. The van der Waals surface area contributed by atoms with E-state index in [1.807, 2.05) is 0 Å². The molecule has 0 aromatic heterocycles. The van der Waals surface area contributed by atoms with E-state index < -0.39 is 0 Å². The van der Waals surface area contributed by atoms with Gasteiger partial charge in [-0.3, -0.25) is 0 Å². The molecule has 2 aliphatic carbocycles. The van der Waals surface area contributed by atoms with Crippen LogP contribution in [0.15, 0.2) is 18.2 Å². The van der Waals surface area contributed by atoms with Gasteiger partial charge in [-0.05, 0) is 61.8 Å². The number of benzene rings is 1. The van der Waals surface area contributed by atoms with Crippen molar-refractivity contribution in [3.63, 3.8) is 0 Å². The Morgan fingerprint density at radius 2 is 1.85 bits per heavy atom. The Balaban J connectivity index is 1.59. The second-order valence-corrected chi connectivity index (χ2v) is 6.89. The van der Waals surface area contributed by atoms with Gasteiger partial charge in [0.25, 0.3) is 0 Å². The highest BCUT2D eigenvalue weighted by Gasteiger charge is 2.19. The molecule has 20 heavy (non-hydrogen) atoms. The maximum atomic E-state index is 3.57. The minimum atomic E-state index is 0.664. The first-order valence-electron chi connectivity index (χ1n) is 8.63. The number of hydrogen-bond donors (Lipinski definition) is 1. The largest absolute Gasteiger partial charge is 0.317 e. The second-order valence-electron chi connectivity index (χ2n) is 6.89. The highest BCUT2D eigenvalue weighted by atomic mass is 14.9. The highest BCUT2D eigenvalue weighted by Crippen LogP contribution is 2.29. The van der Waals surface area contributed by atoms with Crippen LogP contribution in [0.1, 0.15) is 61.6 Å². The third kappa shape index (κ3) is 3.44. The number of fused-ring (bicyclic) bond motifs is 1. The van der Waals surface area contributed by atoms with E-state index in [4.69, 9.17) is 0 Å². The summed E-state index contributed by atoms with van der Waals surface area (Å²) in [6, 6.07) is 7.89. The van der Waals surface area contributed by atoms with E-state index >= 15 is 0 Å². The quantitative estimate of drug-likeness (QED) is 0.843. The van der Waals surface area contributed by atoms with Crippen molar-refractivity contribution >= 4 is 0 Å². The zero-order valence-corrected chi connectivity index (χ0v) is 13.0. The van der Waals surface area contributed by atoms with Gasteiger partial charge in [-0.2, -0.15) is 0 Å². The van der Waals surface area contributed by atoms with Crippen LogP contribution in [-0.4, -0.2) is 13.1 Å². The molecule has 0 amide bonds. The van der Waals surface area contributed by atoms with E-state index in [9.17, 15) is 0 Å². The van der Waals surface area contributed by atoms with Gasteiger partial charge < -0.3 is 5.32 Å². The molecule has 3 rings (SSSR count). The summed E-state index contributed by atoms with van der Waals surface area (Å²) >= 11 is 0. The molecule has 1 nitrogen and oxygen atoms in total. The van der Waals surface area contributed by atoms with Gasteiger partial charge in [-0.15, -0.1) is 0 Å². The Bertz CT molecular complexity index is 431. The minimum absolute atomic E-state index is 0.664. The first kappa shape index (κ1) is 14.1. The molecule has 0 aliphatic heterocycles. The SMILES string of the molecule is CNC(Cc1ccc2c(c1)CCC2)CC1CCCCC1. The molecule has 2 aliphatic rings. The number of rotatable bonds is 5. The molecule has 1 atom stereocenters. The van der Waals surface area contributed by atoms with Gasteiger partial charge in [0, 0.05) is 6.04 Å². The van der Waals surface area contributed by atoms with E-state index in [2.05, 4.69) is 30.6 Å². The first-order chi connectivity index (χ1) is 9.85. The van der Waals surface area contributed by atoms with Gasteiger partial charge in [0.05, 0.1) is 0 Å². The number of hydrogen-bond acceptors (Lipinski definition) is 1. The Kier molecular flexibility index (Phi) is 4.77. The molecule has 110 valence electrons. The molecule has 1 fully saturated rings. The van der Waals surface area contributed by atoms with Crippen LogP contribution in [0.4, 0.5) is 0 Å². The molecule has 0 spiro atoms. The summed E-state index contributed by atoms with van der Waals surface area (Å²) in [5.74, 6) is 0.968. The molecule has 0 heterocycles. The number of nitrogens with one attached hydrogen (secondary N) is 1. The summed E-state index contributed by atoms with van der Waals surface area (Å²) in [7, 11) is 2.14. The molecule has 0 bridgehead atoms. The van der Waals surface area contributed by atoms with Crippen molar-refractivity contribution in [3.05, 3.63) is 34.9 Å². The Morgan fingerprint density at radius 1 is 1.05 bits per heavy atom. The topological polar surface area (TPSA) is 12.0 Å². The van der Waals surface area contributed by atoms with Crippen molar-refractivity contribution in [1.82, 2.24) is 5.32 Å². The number of likely N-dealkylation sites (N-methyl/N-ethyl adjacent to an activating group) is 1. The van der Waals surface area contributed by atoms with Crippen LogP contribution in [0.3, 0.4) is 0 Å². The highest BCUT2D eigenvalue weighted by molar-refractivity contribution is 5.35. The predicted octanol–water partition coefficient (Wildman–Crippen LogP) is 4.28. The molecule has 0 saturated heterocycles. The Morgan fingerprint density at radius 3 is 2.65 bits per heavy atom. The van der Waals surface area contributed by atoms with Gasteiger partial charge in [0.2, 0.25) is 0 Å². The second kappa shape index (κ2) is 6.76. The summed E-state index contributed by atoms with van der Waals surface area (Å²) < 4.78 is 0. The molecule has 1 heteroatoms. The lowest BCUT2D eigenvalue weighted by Crippen LogP contribution is -2.30. The van der Waals surface area contributed by atoms with E-state index in [0.29, 0.717) is 6.04 Å². The summed E-state index contributed by atoms with van der Waals surface area (Å²) in [4.78, 5) is 0. The van der Waals surface area contributed by atoms with Crippen molar-refractivity contribution in [2.75, 3.05) is 7.05 Å². The van der Waals surface area contributed by atoms with Crippen LogP contribution in [0.5, 0.6) is 0 Å². The molecular weight excluding hydrogens is 242 g/mol. The summed E-state index contributed by atoms with van der Waals surface area (Å²) in [6.45, 7) is 0. The summed E-state index contributed by atoms with van der Waals surface area (Å²) in [6.07, 6.45) is 13.8. The summed E-state index contributed by atoms with van der Waals surface area (Å²) in [5, 5.41) is 3.57. The Hall–Kier alpha value is -0.820. The van der Waals surface area contributed by atoms with Crippen molar-refractivity contribution in [3.8, 4) is 0 Å². The molecule has 1 aromatic carbocycles. The summed E-state index contributed by atoms with van der Waals surface area (Å²) in [5.41, 5.74) is 4.76.